The number of carbonyl (C=O) groups excluding carboxylic acids is 1. The van der Waals surface area contributed by atoms with Crippen molar-refractivity contribution in [3.63, 3.8) is 0 Å². The number of fused-ring (bicyclic) bond motifs is 1. The lowest BCUT2D eigenvalue weighted by Gasteiger charge is -2.25. The van der Waals surface area contributed by atoms with Crippen molar-refractivity contribution in [1.29, 1.82) is 0 Å². The van der Waals surface area contributed by atoms with Gasteiger partial charge in [-0.3, -0.25) is 4.79 Å². The average molecular weight is 297 g/mol. The number of nitrogens with zero attached hydrogens (tertiary/aromatic N) is 3. The molecule has 114 valence electrons. The van der Waals surface area contributed by atoms with Crippen LogP contribution in [0.25, 0.3) is 0 Å². The van der Waals surface area contributed by atoms with Gasteiger partial charge in [0.05, 0.1) is 12.6 Å². The Hall–Kier alpha value is -2.21. The van der Waals surface area contributed by atoms with Crippen molar-refractivity contribution in [2.45, 2.75) is 44.4 Å². The van der Waals surface area contributed by atoms with E-state index in [-0.39, 0.29) is 11.9 Å². The van der Waals surface area contributed by atoms with Crippen LogP contribution in [0.15, 0.2) is 30.6 Å². The van der Waals surface area contributed by atoms with Gasteiger partial charge in [0.1, 0.15) is 6.33 Å². The second kappa shape index (κ2) is 5.53. The fourth-order valence-corrected chi connectivity index (χ4v) is 2.98. The molecule has 0 saturated heterocycles. The van der Waals surface area contributed by atoms with E-state index in [1.807, 2.05) is 12.1 Å². The van der Waals surface area contributed by atoms with Crippen molar-refractivity contribution in [3.05, 3.63) is 47.5 Å². The van der Waals surface area contributed by atoms with E-state index >= 15 is 0 Å². The first-order valence-electron chi connectivity index (χ1n) is 7.77. The molecule has 1 aromatic carbocycles. The molecule has 1 fully saturated rings. The van der Waals surface area contributed by atoms with Crippen LogP contribution in [0.1, 0.15) is 35.8 Å². The van der Waals surface area contributed by atoms with E-state index in [1.165, 1.54) is 24.0 Å². The summed E-state index contributed by atoms with van der Waals surface area (Å²) < 4.78 is 2.07. The predicted molar refractivity (Wildman–Crippen MR) is 80.9 cm³/mol. The van der Waals surface area contributed by atoms with Gasteiger partial charge in [0.2, 0.25) is 5.91 Å². The molecule has 0 unspecified atom stereocenters. The molecule has 22 heavy (non-hydrogen) atoms. The molecule has 1 aromatic heterocycles. The summed E-state index contributed by atoms with van der Waals surface area (Å²) in [4.78, 5) is 12.4. The summed E-state index contributed by atoms with van der Waals surface area (Å²) in [6.45, 7) is 1.18. The maximum atomic E-state index is 12.4. The number of nitrogens with one attached hydrogen (secondary N) is 2. The molecule has 1 saturated carbocycles. The molecule has 2 N–H and O–H groups in total. The molecule has 0 spiro atoms. The monoisotopic (exact) mass is 297 g/mol. The second-order valence-corrected chi connectivity index (χ2v) is 6.01. The Labute approximate surface area is 128 Å². The second-order valence-electron chi connectivity index (χ2n) is 6.01. The molecule has 0 radical (unpaired) electrons. The molecule has 6 nitrogen and oxygen atoms in total. The topological polar surface area (TPSA) is 71.8 Å². The number of benzene rings is 1. The number of aromatic nitrogens is 3. The van der Waals surface area contributed by atoms with Crippen LogP contribution in [0, 0.1) is 0 Å². The minimum atomic E-state index is -0.174. The highest BCUT2D eigenvalue weighted by Crippen LogP contribution is 2.35. The molecular formula is C16H19N5O. The Morgan fingerprint density at radius 1 is 1.32 bits per heavy atom. The molecule has 6 heteroatoms. The summed E-state index contributed by atoms with van der Waals surface area (Å²) >= 11 is 0. The summed E-state index contributed by atoms with van der Waals surface area (Å²) in [5, 5.41) is 14.3. The minimum Gasteiger partial charge on any atom is -0.347 e. The van der Waals surface area contributed by atoms with E-state index in [1.54, 1.807) is 6.33 Å². The zero-order chi connectivity index (χ0) is 14.9. The first-order chi connectivity index (χ1) is 10.8. The molecule has 1 aliphatic heterocycles. The normalized spacial score (nSPS) is 20.5. The van der Waals surface area contributed by atoms with Crippen molar-refractivity contribution in [2.75, 3.05) is 0 Å². The van der Waals surface area contributed by atoms with Gasteiger partial charge in [-0.1, -0.05) is 24.3 Å². The van der Waals surface area contributed by atoms with Crippen molar-refractivity contribution < 1.29 is 4.79 Å². The smallest absolute Gasteiger partial charge is 0.237 e. The Morgan fingerprint density at radius 3 is 2.95 bits per heavy atom. The highest BCUT2D eigenvalue weighted by atomic mass is 16.2. The fourth-order valence-electron chi connectivity index (χ4n) is 2.98. The Kier molecular flexibility index (Phi) is 3.38. The number of hydrogen-bond donors (Lipinski definition) is 2. The van der Waals surface area contributed by atoms with Crippen LogP contribution < -0.4 is 10.6 Å². The van der Waals surface area contributed by atoms with Gasteiger partial charge in [-0.25, -0.2) is 0 Å². The standard InChI is InChI=1S/C16H19N5O/c22-16(14-7-11-3-1-2-4-12(11)8-17-14)18-9-15-20-19-10-21(15)13-5-6-13/h1-4,10,13-14,17H,5-9H2,(H,18,22)/t14-/m0/s1. The van der Waals surface area contributed by atoms with Gasteiger partial charge in [0.25, 0.3) is 0 Å². The molecule has 1 amide bonds. The molecule has 1 atom stereocenters. The van der Waals surface area contributed by atoms with Crippen LogP contribution in [0.5, 0.6) is 0 Å². The minimum absolute atomic E-state index is 0.0276. The van der Waals surface area contributed by atoms with Gasteiger partial charge in [0, 0.05) is 12.6 Å². The van der Waals surface area contributed by atoms with Gasteiger partial charge in [0.15, 0.2) is 5.82 Å². The van der Waals surface area contributed by atoms with Crippen LogP contribution in [0.4, 0.5) is 0 Å². The van der Waals surface area contributed by atoms with Crippen molar-refractivity contribution >= 4 is 5.91 Å². The summed E-state index contributed by atoms with van der Waals surface area (Å²) in [7, 11) is 0. The number of hydrogen-bond acceptors (Lipinski definition) is 4. The van der Waals surface area contributed by atoms with Crippen LogP contribution in [-0.4, -0.2) is 26.7 Å². The number of rotatable bonds is 4. The number of amides is 1. The highest BCUT2D eigenvalue weighted by Gasteiger charge is 2.27. The fraction of sp³-hybridized carbons (Fsp3) is 0.438. The van der Waals surface area contributed by atoms with E-state index in [4.69, 9.17) is 0 Å². The van der Waals surface area contributed by atoms with Gasteiger partial charge in [-0.05, 0) is 30.4 Å². The third-order valence-electron chi connectivity index (χ3n) is 4.41. The maximum absolute atomic E-state index is 12.4. The first kappa shape index (κ1) is 13.5. The lowest BCUT2D eigenvalue weighted by atomic mass is 9.95. The number of carbonyl (C=O) groups is 1. The van der Waals surface area contributed by atoms with Crippen LogP contribution in [0.3, 0.4) is 0 Å². The first-order valence-corrected chi connectivity index (χ1v) is 7.77. The lowest BCUT2D eigenvalue weighted by Crippen LogP contribution is -2.47. The van der Waals surface area contributed by atoms with Crippen LogP contribution in [-0.2, 0) is 24.3 Å². The average Bonchev–Trinajstić information content (AvgIpc) is 3.30. The molecule has 2 aromatic rings. The molecule has 1 aliphatic carbocycles. The molecule has 2 heterocycles. The Balaban J connectivity index is 1.38. The van der Waals surface area contributed by atoms with E-state index in [9.17, 15) is 4.79 Å². The van der Waals surface area contributed by atoms with Gasteiger partial charge >= 0.3 is 0 Å². The van der Waals surface area contributed by atoms with Crippen LogP contribution >= 0.6 is 0 Å². The largest absolute Gasteiger partial charge is 0.347 e. The third kappa shape index (κ3) is 2.62. The molecule has 0 bridgehead atoms. The molecule has 2 aliphatic rings. The zero-order valence-corrected chi connectivity index (χ0v) is 12.3. The predicted octanol–water partition coefficient (Wildman–Crippen LogP) is 0.944. The van der Waals surface area contributed by atoms with E-state index in [2.05, 4.69) is 37.5 Å². The summed E-state index contributed by atoms with van der Waals surface area (Å²) in [6, 6.07) is 8.62. The SMILES string of the molecule is O=C(NCc1nncn1C1CC1)[C@@H]1Cc2ccccc2CN1. The maximum Gasteiger partial charge on any atom is 0.237 e. The van der Waals surface area contributed by atoms with Gasteiger partial charge in [-0.2, -0.15) is 0 Å². The Bertz CT molecular complexity index is 691. The van der Waals surface area contributed by atoms with E-state index < -0.39 is 0 Å². The van der Waals surface area contributed by atoms with Gasteiger partial charge < -0.3 is 15.2 Å². The van der Waals surface area contributed by atoms with Crippen LogP contribution in [0.2, 0.25) is 0 Å². The summed E-state index contributed by atoms with van der Waals surface area (Å²) in [6.07, 6.45) is 4.85. The van der Waals surface area contributed by atoms with Gasteiger partial charge in [-0.15, -0.1) is 10.2 Å². The summed E-state index contributed by atoms with van der Waals surface area (Å²) in [5.74, 6) is 0.868. The lowest BCUT2D eigenvalue weighted by molar-refractivity contribution is -0.123. The van der Waals surface area contributed by atoms with E-state index in [0.29, 0.717) is 12.6 Å². The summed E-state index contributed by atoms with van der Waals surface area (Å²) in [5.41, 5.74) is 2.53. The van der Waals surface area contributed by atoms with E-state index in [0.717, 1.165) is 18.8 Å². The van der Waals surface area contributed by atoms with Crippen molar-refractivity contribution in [2.24, 2.45) is 0 Å². The third-order valence-corrected chi connectivity index (χ3v) is 4.41. The Morgan fingerprint density at radius 2 is 2.14 bits per heavy atom. The quantitative estimate of drug-likeness (QED) is 0.881. The van der Waals surface area contributed by atoms with Crippen molar-refractivity contribution in [1.82, 2.24) is 25.4 Å². The molecule has 4 rings (SSSR count). The zero-order valence-electron chi connectivity index (χ0n) is 12.3. The van der Waals surface area contributed by atoms with Crippen molar-refractivity contribution in [3.8, 4) is 0 Å². The molecular weight excluding hydrogens is 278 g/mol. The highest BCUT2D eigenvalue weighted by molar-refractivity contribution is 5.82.